The molecule has 3 saturated heterocycles. The van der Waals surface area contributed by atoms with Crippen LogP contribution in [0.2, 0.25) is 10.0 Å². The number of nitrogens with one attached hydrogen (secondary N) is 1. The lowest BCUT2D eigenvalue weighted by atomic mass is 9.75. The zero-order chi connectivity index (χ0) is 22.5. The van der Waals surface area contributed by atoms with E-state index in [1.54, 1.807) is 18.2 Å². The molecule has 32 heavy (non-hydrogen) atoms. The van der Waals surface area contributed by atoms with Crippen molar-refractivity contribution in [2.24, 2.45) is 11.8 Å². The number of benzene rings is 2. The monoisotopic (exact) mass is 469 g/mol. The number of nitrogens with zero attached hydrogens (tertiary/aromatic N) is 2. The van der Waals surface area contributed by atoms with E-state index in [-0.39, 0.29) is 23.8 Å². The Hall–Kier alpha value is -2.41. The Balaban J connectivity index is 1.57. The van der Waals surface area contributed by atoms with Crippen molar-refractivity contribution in [3.05, 3.63) is 57.1 Å². The van der Waals surface area contributed by atoms with Crippen LogP contribution in [0.15, 0.2) is 30.3 Å². The molecule has 0 radical (unpaired) electrons. The highest BCUT2D eigenvalue weighted by molar-refractivity contribution is 6.36. The molecular formula is C24H21Cl2N3O3. The molecule has 2 aromatic carbocycles. The number of hydrogen-bond donors (Lipinski definition) is 1. The lowest BCUT2D eigenvalue weighted by molar-refractivity contribution is -0.135. The quantitative estimate of drug-likeness (QED) is 0.639. The number of carbonyl (C=O) groups is 3. The van der Waals surface area contributed by atoms with Crippen LogP contribution in [0.1, 0.15) is 29.5 Å². The van der Waals surface area contributed by atoms with E-state index >= 15 is 0 Å². The molecule has 0 saturated carbocycles. The fourth-order valence-corrected chi connectivity index (χ4v) is 6.96. The van der Waals surface area contributed by atoms with Crippen molar-refractivity contribution >= 4 is 52.3 Å². The van der Waals surface area contributed by atoms with Crippen molar-refractivity contribution in [3.63, 3.8) is 0 Å². The second-order valence-corrected chi connectivity index (χ2v) is 10.1. The number of halogens is 2. The summed E-state index contributed by atoms with van der Waals surface area (Å²) in [5.74, 6) is -2.23. The molecule has 6 nitrogen and oxygen atoms in total. The van der Waals surface area contributed by atoms with Gasteiger partial charge in [0, 0.05) is 27.3 Å². The first-order chi connectivity index (χ1) is 15.3. The Bertz CT molecular complexity index is 1220. The van der Waals surface area contributed by atoms with E-state index in [0.29, 0.717) is 22.3 Å². The number of hydrogen-bond acceptors (Lipinski definition) is 4. The highest BCUT2D eigenvalue weighted by Crippen LogP contribution is 2.61. The average molecular weight is 470 g/mol. The van der Waals surface area contributed by atoms with E-state index < -0.39 is 17.4 Å². The van der Waals surface area contributed by atoms with Crippen molar-refractivity contribution in [1.82, 2.24) is 4.90 Å². The second kappa shape index (κ2) is 6.56. The fourth-order valence-electron chi connectivity index (χ4n) is 6.44. The summed E-state index contributed by atoms with van der Waals surface area (Å²) in [4.78, 5) is 44.7. The molecule has 4 heterocycles. The zero-order valence-corrected chi connectivity index (χ0v) is 19.1. The van der Waals surface area contributed by atoms with Crippen molar-refractivity contribution in [2.45, 2.75) is 38.3 Å². The van der Waals surface area contributed by atoms with Crippen molar-refractivity contribution in [1.29, 1.82) is 0 Å². The van der Waals surface area contributed by atoms with Gasteiger partial charge >= 0.3 is 0 Å². The molecular weight excluding hydrogens is 449 g/mol. The molecule has 1 spiro atoms. The molecule has 2 aromatic rings. The highest BCUT2D eigenvalue weighted by atomic mass is 35.5. The third-order valence-corrected chi connectivity index (χ3v) is 8.24. The van der Waals surface area contributed by atoms with Gasteiger partial charge in [-0.2, -0.15) is 0 Å². The maximum absolute atomic E-state index is 13.9. The summed E-state index contributed by atoms with van der Waals surface area (Å²) in [6.07, 6.45) is 1.66. The minimum Gasteiger partial charge on any atom is -0.324 e. The Morgan fingerprint density at radius 3 is 2.47 bits per heavy atom. The number of amides is 3. The topological polar surface area (TPSA) is 69.7 Å². The van der Waals surface area contributed by atoms with Gasteiger partial charge in [-0.3, -0.25) is 19.3 Å². The van der Waals surface area contributed by atoms with E-state index in [0.717, 1.165) is 35.2 Å². The Morgan fingerprint density at radius 2 is 1.75 bits per heavy atom. The third-order valence-electron chi connectivity index (χ3n) is 7.80. The minimum atomic E-state index is -1.18. The molecule has 3 fully saturated rings. The molecule has 1 N–H and O–H groups in total. The molecule has 0 aliphatic carbocycles. The minimum absolute atomic E-state index is 0.158. The van der Waals surface area contributed by atoms with Gasteiger partial charge in [-0.25, -0.2) is 4.90 Å². The lowest BCUT2D eigenvalue weighted by Crippen LogP contribution is -2.54. The van der Waals surface area contributed by atoms with Gasteiger partial charge < -0.3 is 5.32 Å². The summed E-state index contributed by atoms with van der Waals surface area (Å²) in [6, 6.07) is 8.48. The Morgan fingerprint density at radius 1 is 1.03 bits per heavy atom. The summed E-state index contributed by atoms with van der Waals surface area (Å²) in [7, 11) is 0. The van der Waals surface area contributed by atoms with E-state index in [1.807, 2.05) is 26.0 Å². The van der Waals surface area contributed by atoms with Gasteiger partial charge in [0.1, 0.15) is 5.54 Å². The van der Waals surface area contributed by atoms with Crippen molar-refractivity contribution in [3.8, 4) is 0 Å². The highest BCUT2D eigenvalue weighted by Gasteiger charge is 2.74. The van der Waals surface area contributed by atoms with Crippen LogP contribution in [-0.4, -0.2) is 35.2 Å². The molecule has 3 amide bonds. The van der Waals surface area contributed by atoms with E-state index in [9.17, 15) is 14.4 Å². The van der Waals surface area contributed by atoms with Gasteiger partial charge in [0.15, 0.2) is 0 Å². The maximum atomic E-state index is 13.9. The molecule has 164 valence electrons. The molecule has 0 bridgehead atoms. The van der Waals surface area contributed by atoms with Gasteiger partial charge in [-0.1, -0.05) is 35.3 Å². The van der Waals surface area contributed by atoms with Crippen LogP contribution in [0.4, 0.5) is 11.4 Å². The molecule has 4 atom stereocenters. The van der Waals surface area contributed by atoms with Crippen molar-refractivity contribution in [2.75, 3.05) is 16.8 Å². The van der Waals surface area contributed by atoms with Crippen LogP contribution in [0.5, 0.6) is 0 Å². The van der Waals surface area contributed by atoms with Gasteiger partial charge in [-0.05, 0) is 62.6 Å². The molecule has 8 heteroatoms. The fraction of sp³-hybridized carbons (Fsp3) is 0.375. The zero-order valence-electron chi connectivity index (χ0n) is 17.6. The number of rotatable bonds is 1. The van der Waals surface area contributed by atoms with Crippen LogP contribution in [0.25, 0.3) is 0 Å². The summed E-state index contributed by atoms with van der Waals surface area (Å²) in [5, 5.41) is 3.76. The molecule has 4 aliphatic heterocycles. The number of anilines is 2. The van der Waals surface area contributed by atoms with Crippen LogP contribution in [0, 0.1) is 25.7 Å². The summed E-state index contributed by atoms with van der Waals surface area (Å²) in [5.41, 5.74) is 2.80. The van der Waals surface area contributed by atoms with Gasteiger partial charge in [0.05, 0.1) is 17.5 Å². The van der Waals surface area contributed by atoms with E-state index in [2.05, 4.69) is 10.2 Å². The second-order valence-electron chi connectivity index (χ2n) is 9.20. The summed E-state index contributed by atoms with van der Waals surface area (Å²) >= 11 is 12.3. The van der Waals surface area contributed by atoms with Crippen LogP contribution in [-0.2, 0) is 19.9 Å². The maximum Gasteiger partial charge on any atom is 0.250 e. The van der Waals surface area contributed by atoms with Crippen LogP contribution < -0.4 is 10.2 Å². The van der Waals surface area contributed by atoms with Crippen molar-refractivity contribution < 1.29 is 14.4 Å². The number of aryl methyl sites for hydroxylation is 1. The molecule has 4 aliphatic rings. The average Bonchev–Trinajstić information content (AvgIpc) is 3.43. The van der Waals surface area contributed by atoms with Gasteiger partial charge in [0.2, 0.25) is 17.7 Å². The molecule has 6 rings (SSSR count). The molecule has 0 aromatic heterocycles. The summed E-state index contributed by atoms with van der Waals surface area (Å²) in [6.45, 7) is 4.65. The van der Waals surface area contributed by atoms with Gasteiger partial charge in [0.25, 0.3) is 0 Å². The Labute approximate surface area is 195 Å². The lowest BCUT2D eigenvalue weighted by Gasteiger charge is -2.36. The van der Waals surface area contributed by atoms with E-state index in [1.165, 1.54) is 4.90 Å². The SMILES string of the molecule is Cc1ccc2c(c1C)NC(=O)C21C2C(=O)N(c3cc(Cl)cc(Cl)c3)C(=O)C2C2CCCN21. The largest absolute Gasteiger partial charge is 0.324 e. The number of imide groups is 1. The Kier molecular flexibility index (Phi) is 4.15. The third kappa shape index (κ3) is 2.28. The smallest absolute Gasteiger partial charge is 0.250 e. The first-order valence-corrected chi connectivity index (χ1v) is 11.5. The standard InChI is InChI=1S/C24H21Cl2N3O3/c1-11-5-6-16-20(12(11)2)27-23(32)24(16)19-18(17-4-3-7-28(17)24)21(30)29(22(19)31)15-9-13(25)8-14(26)10-15/h5-6,8-10,17-19H,3-4,7H2,1-2H3,(H,27,32). The normalized spacial score (nSPS) is 30.8. The van der Waals surface area contributed by atoms with Gasteiger partial charge in [-0.15, -0.1) is 0 Å². The first-order valence-electron chi connectivity index (χ1n) is 10.8. The van der Waals surface area contributed by atoms with Crippen LogP contribution >= 0.6 is 23.2 Å². The number of carbonyl (C=O) groups excluding carboxylic acids is 3. The van der Waals surface area contributed by atoms with E-state index in [4.69, 9.17) is 23.2 Å². The number of fused-ring (bicyclic) bond motifs is 7. The predicted molar refractivity (Wildman–Crippen MR) is 122 cm³/mol. The van der Waals surface area contributed by atoms with Crippen LogP contribution in [0.3, 0.4) is 0 Å². The molecule has 4 unspecified atom stereocenters. The predicted octanol–water partition coefficient (Wildman–Crippen LogP) is 4.04. The first kappa shape index (κ1) is 20.2. The summed E-state index contributed by atoms with van der Waals surface area (Å²) < 4.78 is 0.